The van der Waals surface area contributed by atoms with Gasteiger partial charge in [0.05, 0.1) is 0 Å². The van der Waals surface area contributed by atoms with Crippen molar-refractivity contribution in [2.75, 3.05) is 33.2 Å². The quantitative estimate of drug-likeness (QED) is 0.393. The molecule has 4 rings (SSSR count). The number of amides is 1. The van der Waals surface area contributed by atoms with Crippen molar-refractivity contribution in [3.63, 3.8) is 0 Å². The number of hydrogen-bond donors (Lipinski definition) is 2. The van der Waals surface area contributed by atoms with Crippen molar-refractivity contribution >= 4 is 35.8 Å². The van der Waals surface area contributed by atoms with Crippen LogP contribution in [0.5, 0.6) is 0 Å². The van der Waals surface area contributed by atoms with E-state index in [1.54, 1.807) is 12.1 Å². The fraction of sp³-hybridized carbons (Fsp3) is 0.600. The molecule has 1 aromatic rings. The van der Waals surface area contributed by atoms with Crippen LogP contribution in [0.15, 0.2) is 29.3 Å². The Bertz CT molecular complexity index is 719. The minimum absolute atomic E-state index is 0. The first-order valence-corrected chi connectivity index (χ1v) is 9.53. The van der Waals surface area contributed by atoms with Crippen LogP contribution in [0.3, 0.4) is 0 Å². The number of guanidine groups is 1. The van der Waals surface area contributed by atoms with Gasteiger partial charge in [0, 0.05) is 50.5 Å². The van der Waals surface area contributed by atoms with Crippen LogP contribution in [0.1, 0.15) is 37.7 Å². The lowest BCUT2D eigenvalue weighted by atomic mass is 9.79. The molecule has 27 heavy (non-hydrogen) atoms. The zero-order valence-electron chi connectivity index (χ0n) is 15.8. The average molecular weight is 486 g/mol. The summed E-state index contributed by atoms with van der Waals surface area (Å²) in [5, 5.41) is 6.54. The third-order valence-electron chi connectivity index (χ3n) is 6.26. The van der Waals surface area contributed by atoms with E-state index in [2.05, 4.69) is 20.5 Å². The molecule has 1 aliphatic carbocycles. The Morgan fingerprint density at radius 3 is 2.63 bits per heavy atom. The number of benzene rings is 1. The molecule has 1 saturated carbocycles. The molecule has 3 aliphatic rings. The molecule has 3 fully saturated rings. The number of likely N-dealkylation sites (tertiary alicyclic amines) is 1. The van der Waals surface area contributed by atoms with E-state index in [0.29, 0.717) is 6.42 Å². The number of nitrogens with one attached hydrogen (secondary N) is 2. The van der Waals surface area contributed by atoms with Gasteiger partial charge in [0.15, 0.2) is 5.96 Å². The van der Waals surface area contributed by atoms with Crippen molar-refractivity contribution in [1.82, 2.24) is 15.5 Å². The van der Waals surface area contributed by atoms with Crippen molar-refractivity contribution < 1.29 is 9.18 Å². The van der Waals surface area contributed by atoms with Crippen LogP contribution in [0.4, 0.5) is 4.39 Å². The van der Waals surface area contributed by atoms with Crippen LogP contribution in [-0.2, 0) is 10.2 Å². The number of carbonyl (C=O) groups excluding carboxylic acids is 1. The van der Waals surface area contributed by atoms with Gasteiger partial charge in [-0.1, -0.05) is 12.1 Å². The van der Waals surface area contributed by atoms with Crippen LogP contribution in [0.25, 0.3) is 0 Å². The van der Waals surface area contributed by atoms with E-state index in [1.807, 2.05) is 19.2 Å². The second-order valence-electron chi connectivity index (χ2n) is 8.17. The van der Waals surface area contributed by atoms with E-state index in [4.69, 9.17) is 0 Å². The number of piperidine rings is 1. The standard InChI is InChI=1S/C20H27FN4O.HI/c1-22-18(25-10-2-7-19(14-25)11-17(26)23-12-19)24-13-20(8-9-20)15-3-5-16(21)6-4-15;/h3-6H,2,7-14H2,1H3,(H,22,24)(H,23,26);1H. The summed E-state index contributed by atoms with van der Waals surface area (Å²) in [4.78, 5) is 18.5. The molecule has 2 saturated heterocycles. The molecule has 148 valence electrons. The number of halogens is 2. The molecule has 2 heterocycles. The third-order valence-corrected chi connectivity index (χ3v) is 6.26. The van der Waals surface area contributed by atoms with E-state index in [1.165, 1.54) is 5.56 Å². The molecule has 1 atom stereocenters. The summed E-state index contributed by atoms with van der Waals surface area (Å²) in [6, 6.07) is 6.89. The Labute approximate surface area is 177 Å². The first-order chi connectivity index (χ1) is 12.5. The van der Waals surface area contributed by atoms with E-state index in [-0.39, 0.29) is 46.5 Å². The van der Waals surface area contributed by atoms with Crippen molar-refractivity contribution in [3.05, 3.63) is 35.6 Å². The minimum Gasteiger partial charge on any atom is -0.355 e. The monoisotopic (exact) mass is 486 g/mol. The Balaban J connectivity index is 0.00000210. The van der Waals surface area contributed by atoms with Gasteiger partial charge in [-0.15, -0.1) is 24.0 Å². The summed E-state index contributed by atoms with van der Waals surface area (Å²) in [5.41, 5.74) is 1.35. The lowest BCUT2D eigenvalue weighted by Gasteiger charge is -2.41. The highest BCUT2D eigenvalue weighted by Crippen LogP contribution is 2.47. The van der Waals surface area contributed by atoms with Gasteiger partial charge in [0.25, 0.3) is 0 Å². The van der Waals surface area contributed by atoms with Gasteiger partial charge in [0.2, 0.25) is 5.91 Å². The first-order valence-electron chi connectivity index (χ1n) is 9.53. The van der Waals surface area contributed by atoms with E-state index in [0.717, 1.165) is 57.8 Å². The smallest absolute Gasteiger partial charge is 0.220 e. The number of carbonyl (C=O) groups is 1. The minimum atomic E-state index is -0.188. The predicted molar refractivity (Wildman–Crippen MR) is 115 cm³/mol. The van der Waals surface area contributed by atoms with Gasteiger partial charge in [-0.3, -0.25) is 9.79 Å². The first kappa shape index (κ1) is 20.4. The lowest BCUT2D eigenvalue weighted by molar-refractivity contribution is -0.119. The fourth-order valence-corrected chi connectivity index (χ4v) is 4.53. The third kappa shape index (κ3) is 4.22. The molecule has 1 amide bonds. The van der Waals surface area contributed by atoms with Crippen molar-refractivity contribution in [2.45, 2.75) is 37.5 Å². The van der Waals surface area contributed by atoms with Gasteiger partial charge in [-0.05, 0) is 43.4 Å². The molecular formula is C20H28FIN4O. The number of hydrogen-bond acceptors (Lipinski definition) is 2. The molecule has 1 spiro atoms. The second kappa shape index (κ2) is 7.93. The Morgan fingerprint density at radius 1 is 1.30 bits per heavy atom. The molecule has 2 N–H and O–H groups in total. The summed E-state index contributed by atoms with van der Waals surface area (Å²) in [7, 11) is 1.82. The molecule has 7 heteroatoms. The Hall–Kier alpha value is -1.38. The summed E-state index contributed by atoms with van der Waals surface area (Å²) < 4.78 is 13.2. The Morgan fingerprint density at radius 2 is 2.04 bits per heavy atom. The van der Waals surface area contributed by atoms with E-state index < -0.39 is 0 Å². The zero-order valence-corrected chi connectivity index (χ0v) is 18.1. The highest BCUT2D eigenvalue weighted by atomic mass is 127. The van der Waals surface area contributed by atoms with Gasteiger partial charge in [-0.25, -0.2) is 4.39 Å². The van der Waals surface area contributed by atoms with Crippen molar-refractivity contribution in [3.8, 4) is 0 Å². The molecular weight excluding hydrogens is 458 g/mol. The van der Waals surface area contributed by atoms with Crippen molar-refractivity contribution in [1.29, 1.82) is 0 Å². The van der Waals surface area contributed by atoms with Crippen molar-refractivity contribution in [2.24, 2.45) is 10.4 Å². The number of rotatable bonds is 3. The second-order valence-corrected chi connectivity index (χ2v) is 8.17. The van der Waals surface area contributed by atoms with Crippen LogP contribution < -0.4 is 10.6 Å². The van der Waals surface area contributed by atoms with Gasteiger partial charge in [0.1, 0.15) is 5.82 Å². The summed E-state index contributed by atoms with van der Waals surface area (Å²) in [6.45, 7) is 3.43. The highest BCUT2D eigenvalue weighted by Gasteiger charge is 2.45. The van der Waals surface area contributed by atoms with Gasteiger partial charge < -0.3 is 15.5 Å². The summed E-state index contributed by atoms with van der Waals surface area (Å²) >= 11 is 0. The van der Waals surface area contributed by atoms with Crippen LogP contribution in [0.2, 0.25) is 0 Å². The zero-order chi connectivity index (χ0) is 18.2. The van der Waals surface area contributed by atoms with E-state index >= 15 is 0 Å². The number of aliphatic imine (C=N–C) groups is 1. The lowest BCUT2D eigenvalue weighted by Crippen LogP contribution is -2.52. The largest absolute Gasteiger partial charge is 0.355 e. The van der Waals surface area contributed by atoms with Crippen LogP contribution >= 0.6 is 24.0 Å². The topological polar surface area (TPSA) is 56.7 Å². The SMILES string of the molecule is CN=C(NCC1(c2ccc(F)cc2)CC1)N1CCCC2(CNC(=O)C2)C1.I. The molecule has 1 unspecified atom stereocenters. The van der Waals surface area contributed by atoms with Gasteiger partial charge >= 0.3 is 0 Å². The molecule has 0 bridgehead atoms. The maximum atomic E-state index is 13.2. The van der Waals surface area contributed by atoms with E-state index in [9.17, 15) is 9.18 Å². The summed E-state index contributed by atoms with van der Waals surface area (Å²) in [6.07, 6.45) is 5.04. The Kier molecular flexibility index (Phi) is 5.98. The fourth-order valence-electron chi connectivity index (χ4n) is 4.53. The average Bonchev–Trinajstić information content (AvgIpc) is 3.35. The molecule has 5 nitrogen and oxygen atoms in total. The van der Waals surface area contributed by atoms with Crippen LogP contribution in [-0.4, -0.2) is 50.0 Å². The molecule has 1 aromatic carbocycles. The highest BCUT2D eigenvalue weighted by molar-refractivity contribution is 14.0. The predicted octanol–water partition coefficient (Wildman–Crippen LogP) is 2.65. The van der Waals surface area contributed by atoms with Gasteiger partial charge in [-0.2, -0.15) is 0 Å². The maximum absolute atomic E-state index is 13.2. The normalized spacial score (nSPS) is 26.5. The molecule has 2 aliphatic heterocycles. The molecule has 0 radical (unpaired) electrons. The molecule has 0 aromatic heterocycles. The number of nitrogens with zero attached hydrogens (tertiary/aromatic N) is 2. The maximum Gasteiger partial charge on any atom is 0.220 e. The van der Waals surface area contributed by atoms with Crippen LogP contribution in [0, 0.1) is 11.2 Å². The summed E-state index contributed by atoms with van der Waals surface area (Å²) in [5.74, 6) is 0.895.